The van der Waals surface area contributed by atoms with E-state index in [9.17, 15) is 4.79 Å². The average Bonchev–Trinajstić information content (AvgIpc) is 4.36. The lowest BCUT2D eigenvalue weighted by molar-refractivity contribution is -0.965. The third-order valence-electron chi connectivity index (χ3n) is 17.3. The molecule has 0 radical (unpaired) electrons. The minimum absolute atomic E-state index is 0.104. The lowest BCUT2D eigenvalue weighted by Gasteiger charge is -2.48. The summed E-state index contributed by atoms with van der Waals surface area (Å²) in [4.78, 5) is 12.9. The highest BCUT2D eigenvalue weighted by Gasteiger charge is 2.74. The summed E-state index contributed by atoms with van der Waals surface area (Å²) in [6.07, 6.45) is 16.4. The molecule has 394 valence electrons. The van der Waals surface area contributed by atoms with Crippen molar-refractivity contribution in [3.63, 3.8) is 0 Å². The van der Waals surface area contributed by atoms with Gasteiger partial charge in [-0.25, -0.2) is 0 Å². The van der Waals surface area contributed by atoms with E-state index in [-0.39, 0.29) is 17.6 Å². The van der Waals surface area contributed by atoms with Crippen LogP contribution in [-0.4, -0.2) is 118 Å². The fourth-order valence-electron chi connectivity index (χ4n) is 12.9. The molecule has 12 nitrogen and oxygen atoms in total. The molecular weight excluding hydrogens is 921 g/mol. The Morgan fingerprint density at radius 3 is 1.93 bits per heavy atom. The van der Waals surface area contributed by atoms with Crippen LogP contribution < -0.4 is 37.9 Å². The normalized spacial score (nSPS) is 24.5. The molecule has 4 aromatic carbocycles. The van der Waals surface area contributed by atoms with Gasteiger partial charge in [-0.3, -0.25) is 4.79 Å². The number of carbonyl (C=O) groups is 1. The number of benzene rings is 4. The Bertz CT molecular complexity index is 2630. The van der Waals surface area contributed by atoms with Crippen LogP contribution >= 0.6 is 0 Å². The van der Waals surface area contributed by atoms with Gasteiger partial charge in [-0.2, -0.15) is 0 Å². The number of fused-ring (bicyclic) bond motifs is 3. The number of carbonyl (C=O) groups excluding carboxylic acids is 1. The molecule has 4 unspecified atom stereocenters. The Labute approximate surface area is 435 Å². The van der Waals surface area contributed by atoms with Crippen molar-refractivity contribution in [2.24, 2.45) is 5.92 Å². The molecule has 2 saturated carbocycles. The number of allylic oxidation sites excluding steroid dienone is 3. The lowest BCUT2D eigenvalue weighted by atomic mass is 9.84. The number of hydrogen-bond donors (Lipinski definition) is 0. The van der Waals surface area contributed by atoms with Crippen molar-refractivity contribution in [3.8, 4) is 46.0 Å². The zero-order valence-electron chi connectivity index (χ0n) is 45.4. The summed E-state index contributed by atoms with van der Waals surface area (Å²) in [5, 5.41) is 0. The maximum Gasteiger partial charge on any atom is 0.306 e. The predicted molar refractivity (Wildman–Crippen MR) is 286 cm³/mol. The molecule has 1 spiro atoms. The van der Waals surface area contributed by atoms with Crippen molar-refractivity contribution in [1.82, 2.24) is 0 Å². The standard InChI is InChI=1S/C61H82N2O10/c1-41(19-16-17-28-62(2)29-25-43-35-56(69-8)58(71-10)38-47(43)51(62)32-42-21-23-52(65-4)54(33-42)67-6)18-14-12-13-15-20-60(64)73-31-27-46-34-50(46)63(3)30-26-45-37-57(70-9)59(72-11)39-48(45)61(63)40-49(61)44-22-24-53(66-5)55(36-44)68-7/h12-13,21-24,33,35-39,46,49-51H,1,14-20,25-32,34,40H2,2-11H3/q+2/b13-12+/t46?,49?,50-,51+,61?,62-,63?/m0/s1. The second-order valence-corrected chi connectivity index (χ2v) is 21.2. The number of likely N-dealkylation sites (N-methyl/N-ethyl adjacent to an activating group) is 2. The number of nitrogens with zero attached hydrogens (tertiary/aromatic N) is 2. The number of ether oxygens (including phenoxy) is 9. The first kappa shape index (κ1) is 53.4. The minimum Gasteiger partial charge on any atom is -0.493 e. The Morgan fingerprint density at radius 2 is 1.25 bits per heavy atom. The molecule has 0 N–H and O–H groups in total. The Kier molecular flexibility index (Phi) is 16.9. The van der Waals surface area contributed by atoms with Crippen LogP contribution in [0.15, 0.2) is 85.0 Å². The van der Waals surface area contributed by atoms with Crippen LogP contribution in [0.3, 0.4) is 0 Å². The Balaban J connectivity index is 0.778. The fraction of sp³-hybridized carbons (Fsp3) is 0.525. The molecule has 12 heteroatoms. The van der Waals surface area contributed by atoms with Crippen LogP contribution in [0, 0.1) is 5.92 Å². The van der Waals surface area contributed by atoms with Gasteiger partial charge in [-0.1, -0.05) is 36.4 Å². The van der Waals surface area contributed by atoms with Crippen molar-refractivity contribution in [3.05, 3.63) is 118 Å². The van der Waals surface area contributed by atoms with Gasteiger partial charge in [0.2, 0.25) is 0 Å². The summed E-state index contributed by atoms with van der Waals surface area (Å²) in [5.74, 6) is 6.77. The highest BCUT2D eigenvalue weighted by atomic mass is 16.5. The number of unbranched alkanes of at least 4 members (excludes halogenated alkanes) is 1. The van der Waals surface area contributed by atoms with Crippen LogP contribution in [0.25, 0.3) is 0 Å². The summed E-state index contributed by atoms with van der Waals surface area (Å²) in [5.41, 5.74) is 9.01. The lowest BCUT2D eigenvalue weighted by Crippen LogP contribution is -2.59. The molecule has 2 heterocycles. The van der Waals surface area contributed by atoms with Gasteiger partial charge >= 0.3 is 5.97 Å². The maximum atomic E-state index is 12.9. The summed E-state index contributed by atoms with van der Waals surface area (Å²) < 4.78 is 53.5. The molecule has 73 heavy (non-hydrogen) atoms. The van der Waals surface area contributed by atoms with Gasteiger partial charge in [-0.05, 0) is 116 Å². The molecule has 7 atom stereocenters. The van der Waals surface area contributed by atoms with Crippen LogP contribution in [0.2, 0.25) is 0 Å². The first-order valence-corrected chi connectivity index (χ1v) is 26.4. The van der Waals surface area contributed by atoms with E-state index in [4.69, 9.17) is 42.6 Å². The fourth-order valence-corrected chi connectivity index (χ4v) is 12.9. The van der Waals surface area contributed by atoms with Crippen LogP contribution in [0.4, 0.5) is 0 Å². The minimum atomic E-state index is -0.120. The zero-order valence-corrected chi connectivity index (χ0v) is 45.4. The number of hydrogen-bond acceptors (Lipinski definition) is 10. The summed E-state index contributed by atoms with van der Waals surface area (Å²) >= 11 is 0. The van der Waals surface area contributed by atoms with Gasteiger partial charge in [0.15, 0.2) is 46.0 Å². The van der Waals surface area contributed by atoms with Crippen molar-refractivity contribution in [1.29, 1.82) is 0 Å². The van der Waals surface area contributed by atoms with E-state index >= 15 is 0 Å². The van der Waals surface area contributed by atoms with E-state index in [1.807, 2.05) is 12.1 Å². The van der Waals surface area contributed by atoms with E-state index in [0.717, 1.165) is 145 Å². The van der Waals surface area contributed by atoms with Crippen LogP contribution in [0.5, 0.6) is 46.0 Å². The molecule has 0 saturated heterocycles. The summed E-state index contributed by atoms with van der Waals surface area (Å²) in [6.45, 7) is 8.07. The number of esters is 1. The number of quaternary nitrogens is 2. The quantitative estimate of drug-likeness (QED) is 0.0262. The van der Waals surface area contributed by atoms with Gasteiger partial charge in [0.1, 0.15) is 11.6 Å². The van der Waals surface area contributed by atoms with E-state index in [1.54, 1.807) is 56.9 Å². The van der Waals surface area contributed by atoms with Gasteiger partial charge in [0.25, 0.3) is 0 Å². The highest BCUT2D eigenvalue weighted by molar-refractivity contribution is 5.69. The maximum absolute atomic E-state index is 12.9. The molecule has 2 aliphatic carbocycles. The van der Waals surface area contributed by atoms with E-state index in [1.165, 1.54) is 39.0 Å². The molecule has 2 fully saturated rings. The van der Waals surface area contributed by atoms with E-state index in [2.05, 4.69) is 81.4 Å². The first-order valence-electron chi connectivity index (χ1n) is 26.4. The van der Waals surface area contributed by atoms with Crippen molar-refractivity contribution < 1.29 is 56.4 Å². The molecule has 0 bridgehead atoms. The molecular formula is C61H82N2O10+2. The smallest absolute Gasteiger partial charge is 0.306 e. The molecule has 4 aliphatic rings. The van der Waals surface area contributed by atoms with Crippen LogP contribution in [0.1, 0.15) is 110 Å². The third kappa shape index (κ3) is 11.0. The van der Waals surface area contributed by atoms with Gasteiger partial charge in [0.05, 0.1) is 103 Å². The Hall–Kier alpha value is -5.85. The summed E-state index contributed by atoms with van der Waals surface area (Å²) in [6, 6.07) is 22.2. The summed E-state index contributed by atoms with van der Waals surface area (Å²) in [7, 11) is 18.5. The van der Waals surface area contributed by atoms with Crippen molar-refractivity contribution in [2.45, 2.75) is 107 Å². The Morgan fingerprint density at radius 1 is 0.658 bits per heavy atom. The largest absolute Gasteiger partial charge is 0.493 e. The molecule has 4 aromatic rings. The first-order chi connectivity index (χ1) is 35.3. The second kappa shape index (κ2) is 23.1. The monoisotopic (exact) mass is 1000 g/mol. The average molecular weight is 1000 g/mol. The van der Waals surface area contributed by atoms with Crippen LogP contribution in [-0.2, 0) is 34.3 Å². The number of rotatable bonds is 26. The SMILES string of the molecule is C=C(CC/C=C/CCC(=O)OCCC1C[C@@H]1[N+]1(C)CCc2cc(OC)c(OC)cc2C12CC2c1ccc(OC)c(OC)c1)CCCC[N@@+]1(C)CCc2cc(OC)c(OC)cc2[C@H]1Cc1ccc(OC)c(OC)c1. The molecule has 0 aromatic heterocycles. The van der Waals surface area contributed by atoms with Gasteiger partial charge in [0, 0.05) is 61.5 Å². The van der Waals surface area contributed by atoms with E-state index in [0.29, 0.717) is 37.3 Å². The second-order valence-electron chi connectivity index (χ2n) is 21.2. The topological polar surface area (TPSA) is 100 Å². The molecule has 0 amide bonds. The van der Waals surface area contributed by atoms with Gasteiger partial charge < -0.3 is 51.6 Å². The predicted octanol–water partition coefficient (Wildman–Crippen LogP) is 11.3. The van der Waals surface area contributed by atoms with Gasteiger partial charge in [-0.15, -0.1) is 0 Å². The van der Waals surface area contributed by atoms with Crippen molar-refractivity contribution >= 4 is 5.97 Å². The zero-order chi connectivity index (χ0) is 51.9. The van der Waals surface area contributed by atoms with Crippen molar-refractivity contribution in [2.75, 3.05) is 97.2 Å². The highest BCUT2D eigenvalue weighted by Crippen LogP contribution is 2.71. The van der Waals surface area contributed by atoms with E-state index < -0.39 is 0 Å². The number of methoxy groups -OCH3 is 8. The third-order valence-corrected chi connectivity index (χ3v) is 17.3. The molecule has 2 aliphatic heterocycles. The molecule has 8 rings (SSSR count).